The molecule has 0 aromatic heterocycles. The first-order valence-electron chi connectivity index (χ1n) is 8.10. The fourth-order valence-electron chi connectivity index (χ4n) is 2.18. The van der Waals surface area contributed by atoms with Crippen LogP contribution < -0.4 is 113 Å². The van der Waals surface area contributed by atoms with Crippen LogP contribution in [0.15, 0.2) is 0 Å². The second-order valence-electron chi connectivity index (χ2n) is 5.44. The van der Waals surface area contributed by atoms with Crippen LogP contribution >= 0.6 is 11.8 Å². The Hall–Kier alpha value is 2.56. The minimum atomic E-state index is -1.33. The van der Waals surface area contributed by atoms with Crippen molar-refractivity contribution in [3.63, 3.8) is 0 Å². The molecule has 0 heterocycles. The third-order valence-electron chi connectivity index (χ3n) is 3.43. The van der Waals surface area contributed by atoms with Gasteiger partial charge in [-0.3, -0.25) is 0 Å². The van der Waals surface area contributed by atoms with Gasteiger partial charge in [-0.1, -0.05) is 64.7 Å². The summed E-state index contributed by atoms with van der Waals surface area (Å²) < 4.78 is 0. The van der Waals surface area contributed by atoms with Gasteiger partial charge in [0, 0.05) is 17.6 Å². The van der Waals surface area contributed by atoms with E-state index in [1.807, 2.05) is 0 Å². The third kappa shape index (κ3) is 22.5. The monoisotopic (exact) mass is 394 g/mol. The van der Waals surface area contributed by atoms with Gasteiger partial charge in [-0.25, -0.2) is 0 Å². The first-order chi connectivity index (χ1) is 10.1. The molecule has 0 bridgehead atoms. The van der Waals surface area contributed by atoms with Crippen molar-refractivity contribution in [3.8, 4) is 0 Å². The van der Waals surface area contributed by atoms with Crippen LogP contribution in [0.25, 0.3) is 0 Å². The number of thioether (sulfide) groups is 1. The van der Waals surface area contributed by atoms with Crippen molar-refractivity contribution in [3.05, 3.63) is 0 Å². The van der Waals surface area contributed by atoms with Crippen LogP contribution in [-0.4, -0.2) is 22.9 Å². The average molecular weight is 395 g/mol. The van der Waals surface area contributed by atoms with E-state index in [1.54, 1.807) is 0 Å². The van der Waals surface area contributed by atoms with Crippen molar-refractivity contribution in [2.45, 2.75) is 82.8 Å². The number of carbonyl (C=O) groups excluding carboxylic acids is 2. The van der Waals surface area contributed by atoms with Crippen molar-refractivity contribution in [1.29, 1.82) is 0 Å². The van der Waals surface area contributed by atoms with E-state index in [1.165, 1.54) is 51.4 Å². The van der Waals surface area contributed by atoms with Gasteiger partial charge in [0.2, 0.25) is 0 Å². The molecule has 4 nitrogen and oxygen atoms in total. The maximum atomic E-state index is 10.7. The van der Waals surface area contributed by atoms with Crippen molar-refractivity contribution in [2.24, 2.45) is 0 Å². The van der Waals surface area contributed by atoms with Gasteiger partial charge in [0.15, 0.2) is 0 Å². The molecule has 0 saturated heterocycles. The Morgan fingerprint density at radius 3 is 1.65 bits per heavy atom. The second kappa shape index (κ2) is 22.6. The summed E-state index contributed by atoms with van der Waals surface area (Å²) in [5.74, 6) is -1.97. The Morgan fingerprint density at radius 1 is 0.826 bits per heavy atom. The Kier molecular flexibility index (Phi) is 29.8. The molecule has 1 atom stereocenters. The number of hydrogen-bond acceptors (Lipinski definition) is 5. The molecule has 7 heteroatoms. The summed E-state index contributed by atoms with van der Waals surface area (Å²) in [5.41, 5.74) is 0. The van der Waals surface area contributed by atoms with E-state index in [0.29, 0.717) is 5.75 Å². The number of carboxylic acid groups (broad SMARTS) is 2. The minimum absolute atomic E-state index is 0. The molecule has 0 fully saturated rings. The van der Waals surface area contributed by atoms with E-state index >= 15 is 0 Å². The Balaban J connectivity index is -0.00000200. The zero-order valence-corrected chi connectivity index (χ0v) is 22.2. The topological polar surface area (TPSA) is 80.3 Å². The molecular formula is C16H28K2O4S. The molecule has 124 valence electrons. The second-order valence-corrected chi connectivity index (χ2v) is 6.75. The Morgan fingerprint density at radius 2 is 1.26 bits per heavy atom. The van der Waals surface area contributed by atoms with E-state index in [2.05, 4.69) is 6.92 Å². The normalized spacial score (nSPS) is 11.2. The fraction of sp³-hybridized carbons (Fsp3) is 0.875. The number of rotatable bonds is 15. The summed E-state index contributed by atoms with van der Waals surface area (Å²) in [6.07, 6.45) is 11.8. The van der Waals surface area contributed by atoms with Crippen LogP contribution in [0.3, 0.4) is 0 Å². The maximum Gasteiger partial charge on any atom is 1.00 e. The minimum Gasteiger partial charge on any atom is -0.550 e. The van der Waals surface area contributed by atoms with Crippen molar-refractivity contribution in [2.75, 3.05) is 5.75 Å². The molecule has 0 aliphatic rings. The first kappa shape index (κ1) is 30.3. The van der Waals surface area contributed by atoms with E-state index in [-0.39, 0.29) is 103 Å². The first-order valence-corrected chi connectivity index (χ1v) is 9.15. The standard InChI is InChI=1S/C16H30O4S.2K/c1-2-3-4-5-6-7-8-9-10-11-12-21-14(16(19)20)13-15(17)18;;/h14H,2-13H2,1H3,(H,17,18)(H,19,20);;/q;2*+1/p-2. The van der Waals surface area contributed by atoms with E-state index in [9.17, 15) is 19.8 Å². The number of carbonyl (C=O) groups is 2. The molecule has 0 spiro atoms. The number of hydrogen-bond donors (Lipinski definition) is 0. The quantitative estimate of drug-likeness (QED) is 0.208. The van der Waals surface area contributed by atoms with Crippen molar-refractivity contribution >= 4 is 23.7 Å². The Labute approximate surface area is 230 Å². The molecule has 1 unspecified atom stereocenters. The third-order valence-corrected chi connectivity index (χ3v) is 4.72. The van der Waals surface area contributed by atoms with Gasteiger partial charge in [0.25, 0.3) is 0 Å². The number of aliphatic carboxylic acids is 2. The predicted molar refractivity (Wildman–Crippen MR) is 82.7 cm³/mol. The molecular weight excluding hydrogens is 366 g/mol. The summed E-state index contributed by atoms with van der Waals surface area (Å²) >= 11 is 1.15. The molecule has 0 radical (unpaired) electrons. The molecule has 0 aliphatic carbocycles. The molecule has 0 N–H and O–H groups in total. The largest absolute Gasteiger partial charge is 1.00 e. The van der Waals surface area contributed by atoms with Crippen molar-refractivity contribution < 1.29 is 123 Å². The van der Waals surface area contributed by atoms with Gasteiger partial charge in [0.05, 0.1) is 5.97 Å². The van der Waals surface area contributed by atoms with Crippen molar-refractivity contribution in [1.82, 2.24) is 0 Å². The molecule has 0 aliphatic heterocycles. The van der Waals surface area contributed by atoms with Gasteiger partial charge in [-0.05, 0) is 12.2 Å². The fourth-order valence-corrected chi connectivity index (χ4v) is 3.22. The van der Waals surface area contributed by atoms with Gasteiger partial charge in [-0.15, -0.1) is 0 Å². The van der Waals surface area contributed by atoms with Crippen LogP contribution in [0.4, 0.5) is 0 Å². The summed E-state index contributed by atoms with van der Waals surface area (Å²) in [5, 5.41) is 20.1. The van der Waals surface area contributed by atoms with Crippen LogP contribution in [0.2, 0.25) is 0 Å². The average Bonchev–Trinajstić information content (AvgIpc) is 2.42. The summed E-state index contributed by atoms with van der Waals surface area (Å²) in [6, 6.07) is 0. The summed E-state index contributed by atoms with van der Waals surface area (Å²) in [4.78, 5) is 21.1. The van der Waals surface area contributed by atoms with Crippen LogP contribution in [0, 0.1) is 0 Å². The van der Waals surface area contributed by atoms with Gasteiger partial charge >= 0.3 is 103 Å². The van der Waals surface area contributed by atoms with Crippen LogP contribution in [0.1, 0.15) is 77.6 Å². The maximum absolute atomic E-state index is 10.7. The number of unbranched alkanes of at least 4 members (excludes halogenated alkanes) is 9. The predicted octanol–water partition coefficient (Wildman–Crippen LogP) is -4.09. The molecule has 23 heavy (non-hydrogen) atoms. The zero-order chi connectivity index (χ0) is 15.9. The van der Waals surface area contributed by atoms with Crippen LogP contribution in [0.5, 0.6) is 0 Å². The van der Waals surface area contributed by atoms with Crippen LogP contribution in [-0.2, 0) is 9.59 Å². The van der Waals surface area contributed by atoms with E-state index < -0.39 is 23.6 Å². The van der Waals surface area contributed by atoms with Gasteiger partial charge in [-0.2, -0.15) is 11.8 Å². The Bertz CT molecular complexity index is 291. The SMILES string of the molecule is CCCCCCCCCCCCSC(CC(=O)[O-])C(=O)[O-].[K+].[K+]. The van der Waals surface area contributed by atoms with Gasteiger partial charge in [0.1, 0.15) is 0 Å². The number of carboxylic acids is 2. The van der Waals surface area contributed by atoms with E-state index in [4.69, 9.17) is 0 Å². The molecule has 0 rings (SSSR count). The zero-order valence-electron chi connectivity index (χ0n) is 15.1. The summed E-state index contributed by atoms with van der Waals surface area (Å²) in [7, 11) is 0. The molecule has 0 aromatic rings. The smallest absolute Gasteiger partial charge is 0.550 e. The molecule has 0 amide bonds. The summed E-state index contributed by atoms with van der Waals surface area (Å²) in [6.45, 7) is 2.22. The molecule has 0 saturated carbocycles. The molecule has 0 aromatic carbocycles. The van der Waals surface area contributed by atoms with E-state index in [0.717, 1.165) is 24.6 Å². The van der Waals surface area contributed by atoms with Gasteiger partial charge < -0.3 is 19.8 Å².